The van der Waals surface area contributed by atoms with Crippen LogP contribution in [0.15, 0.2) is 18.2 Å². The molecule has 0 spiro atoms. The van der Waals surface area contributed by atoms with Crippen molar-refractivity contribution < 1.29 is 22.7 Å². The number of nitrogens with one attached hydrogen (secondary N) is 1. The summed E-state index contributed by atoms with van der Waals surface area (Å²) in [5.41, 5.74) is 0.798. The van der Waals surface area contributed by atoms with Gasteiger partial charge in [0.05, 0.1) is 16.3 Å². The number of thiazole rings is 1. The van der Waals surface area contributed by atoms with E-state index in [1.165, 1.54) is 29.5 Å². The number of aryl methyl sites for hydroxylation is 1. The van der Waals surface area contributed by atoms with Crippen molar-refractivity contribution in [3.05, 3.63) is 39.3 Å². The number of anilines is 1. The van der Waals surface area contributed by atoms with Crippen molar-refractivity contribution >= 4 is 22.9 Å². The Morgan fingerprint density at radius 1 is 1.41 bits per heavy atom. The molecule has 27 heavy (non-hydrogen) atoms. The van der Waals surface area contributed by atoms with E-state index in [4.69, 9.17) is 5.26 Å². The highest BCUT2D eigenvalue weighted by Gasteiger charge is 2.29. The normalized spacial score (nSPS) is 11.3. The number of benzene rings is 1. The fraction of sp³-hybridized carbons (Fsp3) is 0.389. The SMILES string of the molecule is Cc1nc(CC(C)C)sc1C(=O)Nc1ccc(OCC(F)(F)F)c(C#N)c1. The van der Waals surface area contributed by atoms with Gasteiger partial charge in [0, 0.05) is 12.1 Å². The number of alkyl halides is 3. The maximum absolute atomic E-state index is 12.5. The van der Waals surface area contributed by atoms with Gasteiger partial charge in [-0.15, -0.1) is 11.3 Å². The number of carbonyl (C=O) groups excluding carboxylic acids is 1. The third-order valence-corrected chi connectivity index (χ3v) is 4.56. The lowest BCUT2D eigenvalue weighted by Gasteiger charge is -2.11. The molecule has 1 heterocycles. The number of aromatic nitrogens is 1. The summed E-state index contributed by atoms with van der Waals surface area (Å²) in [4.78, 5) is 17.3. The number of ether oxygens (including phenoxy) is 1. The second-order valence-corrected chi connectivity index (χ2v) is 7.38. The fourth-order valence-corrected chi connectivity index (χ4v) is 3.44. The Kier molecular flexibility index (Phi) is 6.44. The zero-order valence-corrected chi connectivity index (χ0v) is 15.8. The second kappa shape index (κ2) is 8.39. The zero-order chi connectivity index (χ0) is 20.2. The first kappa shape index (κ1) is 20.7. The van der Waals surface area contributed by atoms with E-state index in [-0.39, 0.29) is 22.9 Å². The molecule has 1 N–H and O–H groups in total. The minimum atomic E-state index is -4.50. The van der Waals surface area contributed by atoms with Crippen molar-refractivity contribution in [3.8, 4) is 11.8 Å². The molecule has 0 aliphatic heterocycles. The van der Waals surface area contributed by atoms with Crippen molar-refractivity contribution in [1.29, 1.82) is 5.26 Å². The van der Waals surface area contributed by atoms with Crippen LogP contribution in [-0.4, -0.2) is 23.7 Å². The van der Waals surface area contributed by atoms with E-state index in [1.807, 2.05) is 0 Å². The van der Waals surface area contributed by atoms with Crippen LogP contribution in [0.1, 0.15) is 39.8 Å². The molecule has 144 valence electrons. The van der Waals surface area contributed by atoms with Gasteiger partial charge in [-0.2, -0.15) is 18.4 Å². The van der Waals surface area contributed by atoms with Gasteiger partial charge in [0.2, 0.25) is 0 Å². The maximum atomic E-state index is 12.5. The number of nitrogens with zero attached hydrogens (tertiary/aromatic N) is 2. The van der Waals surface area contributed by atoms with Crippen LogP contribution in [0.25, 0.3) is 0 Å². The first-order valence-corrected chi connectivity index (χ1v) is 8.92. The number of nitriles is 1. The highest BCUT2D eigenvalue weighted by atomic mass is 32.1. The minimum absolute atomic E-state index is 0.0985. The van der Waals surface area contributed by atoms with E-state index in [0.717, 1.165) is 11.4 Å². The van der Waals surface area contributed by atoms with E-state index < -0.39 is 12.8 Å². The molecule has 1 aromatic carbocycles. The van der Waals surface area contributed by atoms with Crippen LogP contribution in [0.2, 0.25) is 0 Å². The monoisotopic (exact) mass is 397 g/mol. The maximum Gasteiger partial charge on any atom is 0.422 e. The van der Waals surface area contributed by atoms with Crippen molar-refractivity contribution in [2.24, 2.45) is 5.92 Å². The summed E-state index contributed by atoms with van der Waals surface area (Å²) in [6.45, 7) is 4.36. The predicted octanol–water partition coefficient (Wildman–Crippen LogP) is 4.72. The lowest BCUT2D eigenvalue weighted by Crippen LogP contribution is -2.19. The van der Waals surface area contributed by atoms with E-state index in [0.29, 0.717) is 16.5 Å². The Labute approximate surface area is 158 Å². The smallest absolute Gasteiger partial charge is 0.422 e. The molecular formula is C18H18F3N3O2S. The number of hydrogen-bond donors (Lipinski definition) is 1. The Bertz CT molecular complexity index is 870. The van der Waals surface area contributed by atoms with Crippen molar-refractivity contribution in [3.63, 3.8) is 0 Å². The Balaban J connectivity index is 2.14. The van der Waals surface area contributed by atoms with Gasteiger partial charge in [-0.05, 0) is 31.0 Å². The molecule has 1 aromatic heterocycles. The molecule has 9 heteroatoms. The predicted molar refractivity (Wildman–Crippen MR) is 96.1 cm³/mol. The molecule has 1 amide bonds. The van der Waals surface area contributed by atoms with E-state index in [9.17, 15) is 18.0 Å². The molecule has 5 nitrogen and oxygen atoms in total. The topological polar surface area (TPSA) is 75.0 Å². The molecule has 0 unspecified atom stereocenters. The largest absolute Gasteiger partial charge is 0.483 e. The van der Waals surface area contributed by atoms with Crippen LogP contribution in [0, 0.1) is 24.2 Å². The second-order valence-electron chi connectivity index (χ2n) is 6.30. The molecule has 0 bridgehead atoms. The summed E-state index contributed by atoms with van der Waals surface area (Å²) in [6.07, 6.45) is -3.74. The van der Waals surface area contributed by atoms with Gasteiger partial charge in [-0.25, -0.2) is 4.98 Å². The zero-order valence-electron chi connectivity index (χ0n) is 15.0. The van der Waals surface area contributed by atoms with E-state index >= 15 is 0 Å². The molecule has 0 saturated carbocycles. The van der Waals surface area contributed by atoms with Gasteiger partial charge in [0.25, 0.3) is 5.91 Å². The van der Waals surface area contributed by atoms with Crippen LogP contribution < -0.4 is 10.1 Å². The first-order chi connectivity index (χ1) is 12.6. The molecule has 0 atom stereocenters. The Morgan fingerprint density at radius 3 is 2.70 bits per heavy atom. The van der Waals surface area contributed by atoms with Crippen LogP contribution in [-0.2, 0) is 6.42 Å². The highest BCUT2D eigenvalue weighted by Crippen LogP contribution is 2.26. The average Bonchev–Trinajstić information content (AvgIpc) is 2.92. The Hall–Kier alpha value is -2.60. The third kappa shape index (κ3) is 5.96. The average molecular weight is 397 g/mol. The molecule has 0 radical (unpaired) electrons. The molecule has 2 rings (SSSR count). The number of amides is 1. The first-order valence-electron chi connectivity index (χ1n) is 8.10. The summed E-state index contributed by atoms with van der Waals surface area (Å²) in [5, 5.41) is 12.6. The number of carbonyl (C=O) groups is 1. The van der Waals surface area contributed by atoms with Gasteiger partial charge in [-0.3, -0.25) is 4.79 Å². The standard InChI is InChI=1S/C18H18F3N3O2S/c1-10(2)6-15-23-11(3)16(27-15)17(25)24-13-4-5-14(12(7-13)8-22)26-9-18(19,20)21/h4-5,7,10H,6,9H2,1-3H3,(H,24,25). The summed E-state index contributed by atoms with van der Waals surface area (Å²) in [7, 11) is 0. The van der Waals surface area contributed by atoms with Crippen molar-refractivity contribution in [2.75, 3.05) is 11.9 Å². The third-order valence-electron chi connectivity index (χ3n) is 3.38. The minimum Gasteiger partial charge on any atom is -0.483 e. The van der Waals surface area contributed by atoms with Crippen LogP contribution in [0.3, 0.4) is 0 Å². The molecule has 2 aromatic rings. The molecule has 0 aliphatic rings. The molecule has 0 fully saturated rings. The van der Waals surface area contributed by atoms with Gasteiger partial charge in [-0.1, -0.05) is 13.8 Å². The summed E-state index contributed by atoms with van der Waals surface area (Å²) >= 11 is 1.30. The van der Waals surface area contributed by atoms with Crippen LogP contribution in [0.5, 0.6) is 5.75 Å². The van der Waals surface area contributed by atoms with Gasteiger partial charge in [0.1, 0.15) is 16.7 Å². The quantitative estimate of drug-likeness (QED) is 0.766. The molecule has 0 saturated heterocycles. The summed E-state index contributed by atoms with van der Waals surface area (Å²) < 4.78 is 41.4. The lowest BCUT2D eigenvalue weighted by molar-refractivity contribution is -0.153. The highest BCUT2D eigenvalue weighted by molar-refractivity contribution is 7.13. The van der Waals surface area contributed by atoms with Crippen LogP contribution >= 0.6 is 11.3 Å². The van der Waals surface area contributed by atoms with Crippen molar-refractivity contribution in [1.82, 2.24) is 4.98 Å². The summed E-state index contributed by atoms with van der Waals surface area (Å²) in [5.74, 6) is -0.164. The number of halogens is 3. The number of hydrogen-bond acceptors (Lipinski definition) is 5. The van der Waals surface area contributed by atoms with E-state index in [2.05, 4.69) is 28.9 Å². The fourth-order valence-electron chi connectivity index (χ4n) is 2.27. The molecular weight excluding hydrogens is 379 g/mol. The van der Waals surface area contributed by atoms with Crippen molar-refractivity contribution in [2.45, 2.75) is 33.4 Å². The van der Waals surface area contributed by atoms with Crippen LogP contribution in [0.4, 0.5) is 18.9 Å². The van der Waals surface area contributed by atoms with E-state index in [1.54, 1.807) is 13.0 Å². The molecule has 0 aliphatic carbocycles. The Morgan fingerprint density at radius 2 is 2.11 bits per heavy atom. The van der Waals surface area contributed by atoms with Gasteiger partial charge < -0.3 is 10.1 Å². The lowest BCUT2D eigenvalue weighted by atomic mass is 10.1. The van der Waals surface area contributed by atoms with Gasteiger partial charge in [0.15, 0.2) is 6.61 Å². The van der Waals surface area contributed by atoms with Gasteiger partial charge >= 0.3 is 6.18 Å². The summed E-state index contributed by atoms with van der Waals surface area (Å²) in [6, 6.07) is 5.65. The number of rotatable bonds is 6.